The van der Waals surface area contributed by atoms with E-state index in [4.69, 9.17) is 11.6 Å². The van der Waals surface area contributed by atoms with E-state index in [0.717, 1.165) is 22.0 Å². The van der Waals surface area contributed by atoms with Gasteiger partial charge in [-0.15, -0.1) is 10.2 Å². The van der Waals surface area contributed by atoms with Gasteiger partial charge in [-0.1, -0.05) is 41.9 Å². The van der Waals surface area contributed by atoms with Gasteiger partial charge in [-0.3, -0.25) is 0 Å². The van der Waals surface area contributed by atoms with Crippen LogP contribution in [0.4, 0.5) is 10.2 Å². The molecule has 0 radical (unpaired) electrons. The molecule has 9 heteroatoms. The Morgan fingerprint density at radius 3 is 2.59 bits per heavy atom. The number of nitrogens with zero attached hydrogens (tertiary/aromatic N) is 5. The number of hydrogen-bond donors (Lipinski definition) is 0. The van der Waals surface area contributed by atoms with Crippen LogP contribution in [-0.2, 0) is 11.0 Å². The zero-order valence-corrected chi connectivity index (χ0v) is 18.8. The van der Waals surface area contributed by atoms with Crippen molar-refractivity contribution in [2.45, 2.75) is 6.42 Å². The van der Waals surface area contributed by atoms with Gasteiger partial charge in [-0.2, -0.15) is 10.2 Å². The molecule has 1 aliphatic rings. The average Bonchev–Trinajstić information content (AvgIpc) is 2.82. The molecule has 6 nitrogen and oxygen atoms in total. The minimum absolute atomic E-state index is 0.324. The standard InChI is InChI=1S/C23H20ClFN5OP/c24-22-7-8-23(29-28-22)30-9-11-32(31,12-10-30)21-14-16(5-6-19(21)25)13-20-18-4-2-1-3-17(18)15-26-27-20/h1-8,14-15H,9-13H2. The zero-order valence-electron chi connectivity index (χ0n) is 17.2. The van der Waals surface area contributed by atoms with E-state index in [1.54, 1.807) is 30.5 Å². The molecule has 2 aromatic heterocycles. The lowest BCUT2D eigenvalue weighted by Gasteiger charge is -2.33. The normalized spacial score (nSPS) is 15.8. The fraction of sp³-hybridized carbons (Fsp3) is 0.217. The van der Waals surface area contributed by atoms with Crippen LogP contribution in [0.15, 0.2) is 60.8 Å². The first-order valence-corrected chi connectivity index (χ1v) is 12.8. The van der Waals surface area contributed by atoms with E-state index in [1.807, 2.05) is 29.2 Å². The molecule has 0 unspecified atom stereocenters. The van der Waals surface area contributed by atoms with Crippen molar-refractivity contribution in [2.24, 2.45) is 0 Å². The van der Waals surface area contributed by atoms with Crippen LogP contribution in [0.3, 0.4) is 0 Å². The van der Waals surface area contributed by atoms with Crippen molar-refractivity contribution in [3.63, 3.8) is 0 Å². The highest BCUT2D eigenvalue weighted by Crippen LogP contribution is 2.47. The number of anilines is 1. The van der Waals surface area contributed by atoms with E-state index in [-0.39, 0.29) is 0 Å². The Balaban J connectivity index is 1.39. The molecule has 2 aromatic carbocycles. The molecule has 162 valence electrons. The minimum Gasteiger partial charge on any atom is -0.354 e. The molecule has 0 aliphatic carbocycles. The molecule has 3 heterocycles. The lowest BCUT2D eigenvalue weighted by atomic mass is 10.0. The van der Waals surface area contributed by atoms with Gasteiger partial charge >= 0.3 is 0 Å². The van der Waals surface area contributed by atoms with Gasteiger partial charge in [0, 0.05) is 47.9 Å². The molecule has 4 aromatic rings. The van der Waals surface area contributed by atoms with Crippen molar-refractivity contribution in [3.8, 4) is 0 Å². The van der Waals surface area contributed by atoms with Crippen molar-refractivity contribution < 1.29 is 8.96 Å². The van der Waals surface area contributed by atoms with E-state index < -0.39 is 13.0 Å². The minimum atomic E-state index is -2.88. The van der Waals surface area contributed by atoms with Gasteiger partial charge in [0.15, 0.2) is 11.0 Å². The lowest BCUT2D eigenvalue weighted by Crippen LogP contribution is -2.38. The van der Waals surface area contributed by atoms with Gasteiger partial charge in [-0.25, -0.2) is 4.39 Å². The largest absolute Gasteiger partial charge is 0.354 e. The first kappa shape index (κ1) is 21.0. The predicted molar refractivity (Wildman–Crippen MR) is 125 cm³/mol. The average molecular weight is 468 g/mol. The topological polar surface area (TPSA) is 71.9 Å². The third-order valence-electron chi connectivity index (χ3n) is 5.87. The maximum absolute atomic E-state index is 14.8. The fourth-order valence-corrected chi connectivity index (χ4v) is 6.93. The molecular weight excluding hydrogens is 448 g/mol. The summed E-state index contributed by atoms with van der Waals surface area (Å²) in [6.45, 7) is 1.04. The maximum atomic E-state index is 14.8. The van der Waals surface area contributed by atoms with Crippen LogP contribution in [0.5, 0.6) is 0 Å². The van der Waals surface area contributed by atoms with E-state index >= 15 is 0 Å². The summed E-state index contributed by atoms with van der Waals surface area (Å²) >= 11 is 5.81. The SMILES string of the molecule is O=P1(c2cc(Cc3nncc4ccccc34)ccc2F)CCN(c2ccc(Cl)nn2)CC1. The second-order valence-electron chi connectivity index (χ2n) is 7.88. The van der Waals surface area contributed by atoms with E-state index in [2.05, 4.69) is 20.4 Å². The smallest absolute Gasteiger partial charge is 0.151 e. The second kappa shape index (κ2) is 8.57. The van der Waals surface area contributed by atoms with Gasteiger partial charge in [0.25, 0.3) is 0 Å². The summed E-state index contributed by atoms with van der Waals surface area (Å²) in [6.07, 6.45) is 2.98. The molecule has 1 aliphatic heterocycles. The molecule has 0 spiro atoms. The highest BCUT2D eigenvalue weighted by molar-refractivity contribution is 7.71. The second-order valence-corrected chi connectivity index (χ2v) is 11.4. The lowest BCUT2D eigenvalue weighted by molar-refractivity contribution is 0.571. The number of fused-ring (bicyclic) bond motifs is 1. The van der Waals surface area contributed by atoms with Crippen LogP contribution in [0.25, 0.3) is 10.8 Å². The zero-order chi connectivity index (χ0) is 22.1. The highest BCUT2D eigenvalue weighted by atomic mass is 35.5. The summed E-state index contributed by atoms with van der Waals surface area (Å²) in [7, 11) is -2.88. The third-order valence-corrected chi connectivity index (χ3v) is 9.14. The van der Waals surface area contributed by atoms with E-state index in [0.29, 0.717) is 48.1 Å². The van der Waals surface area contributed by atoms with Crippen molar-refractivity contribution in [1.29, 1.82) is 0 Å². The molecule has 1 saturated heterocycles. The summed E-state index contributed by atoms with van der Waals surface area (Å²) in [4.78, 5) is 2.01. The maximum Gasteiger partial charge on any atom is 0.151 e. The quantitative estimate of drug-likeness (QED) is 0.416. The first-order valence-electron chi connectivity index (χ1n) is 10.3. The van der Waals surface area contributed by atoms with Crippen LogP contribution < -0.4 is 10.2 Å². The van der Waals surface area contributed by atoms with Crippen LogP contribution >= 0.6 is 18.7 Å². The van der Waals surface area contributed by atoms with Crippen LogP contribution in [-0.4, -0.2) is 45.8 Å². The van der Waals surface area contributed by atoms with Crippen LogP contribution in [0.2, 0.25) is 5.15 Å². The summed E-state index contributed by atoms with van der Waals surface area (Å²) in [5.41, 5.74) is 1.68. The summed E-state index contributed by atoms with van der Waals surface area (Å²) in [5, 5.41) is 19.0. The molecular formula is C23H20ClFN5OP. The fourth-order valence-electron chi connectivity index (χ4n) is 4.13. The van der Waals surface area contributed by atoms with Gasteiger partial charge in [0.2, 0.25) is 0 Å². The first-order chi connectivity index (χ1) is 15.5. The van der Waals surface area contributed by atoms with E-state index in [9.17, 15) is 8.96 Å². The molecule has 32 heavy (non-hydrogen) atoms. The van der Waals surface area contributed by atoms with E-state index in [1.165, 1.54) is 6.07 Å². The molecule has 0 N–H and O–H groups in total. The van der Waals surface area contributed by atoms with Gasteiger partial charge in [-0.05, 0) is 29.8 Å². The molecule has 0 saturated carbocycles. The Morgan fingerprint density at radius 1 is 1.00 bits per heavy atom. The van der Waals surface area contributed by atoms with Crippen molar-refractivity contribution in [1.82, 2.24) is 20.4 Å². The highest BCUT2D eigenvalue weighted by Gasteiger charge is 2.33. The Kier molecular flexibility index (Phi) is 5.62. The van der Waals surface area contributed by atoms with Crippen molar-refractivity contribution >= 4 is 40.6 Å². The molecule has 5 rings (SSSR count). The van der Waals surface area contributed by atoms with Crippen molar-refractivity contribution in [3.05, 3.63) is 83.0 Å². The Morgan fingerprint density at radius 2 is 1.81 bits per heavy atom. The van der Waals surface area contributed by atoms with Crippen molar-refractivity contribution in [2.75, 3.05) is 30.3 Å². The van der Waals surface area contributed by atoms with Crippen LogP contribution in [0.1, 0.15) is 11.3 Å². The monoisotopic (exact) mass is 467 g/mol. The molecule has 0 atom stereocenters. The number of hydrogen-bond acceptors (Lipinski definition) is 6. The Hall–Kier alpha value is -2.89. The summed E-state index contributed by atoms with van der Waals surface area (Å²) in [6, 6.07) is 16.3. The summed E-state index contributed by atoms with van der Waals surface area (Å²) < 4.78 is 28.6. The number of halogens is 2. The van der Waals surface area contributed by atoms with Gasteiger partial charge in [0.05, 0.1) is 11.9 Å². The van der Waals surface area contributed by atoms with Gasteiger partial charge < -0.3 is 9.46 Å². The number of rotatable bonds is 4. The predicted octanol–water partition coefficient (Wildman–Crippen LogP) is 4.31. The number of aromatic nitrogens is 4. The molecule has 0 amide bonds. The Labute approximate surface area is 189 Å². The van der Waals surface area contributed by atoms with Gasteiger partial charge in [0.1, 0.15) is 13.0 Å². The third kappa shape index (κ3) is 4.10. The molecule has 0 bridgehead atoms. The number of benzene rings is 2. The van der Waals surface area contributed by atoms with Crippen LogP contribution in [0, 0.1) is 5.82 Å². The Bertz CT molecular complexity index is 1320. The molecule has 1 fully saturated rings. The summed E-state index contributed by atoms with van der Waals surface area (Å²) in [5.74, 6) is 0.269.